The molecule has 0 heterocycles. The van der Waals surface area contributed by atoms with Crippen molar-refractivity contribution >= 4 is 15.5 Å². The standard InChI is InChI=1S/C12H19NO3S/c1-10(7-8-14)9-13-11-5-3-4-6-12(11)17(2,15)16/h3-6,10,13-14H,7-9H2,1-2H3. The van der Waals surface area contributed by atoms with Gasteiger partial charge in [-0.2, -0.15) is 0 Å². The first-order valence-electron chi connectivity index (χ1n) is 5.59. The highest BCUT2D eigenvalue weighted by atomic mass is 32.2. The van der Waals surface area contributed by atoms with Crippen molar-refractivity contribution < 1.29 is 13.5 Å². The normalized spacial score (nSPS) is 13.4. The lowest BCUT2D eigenvalue weighted by Crippen LogP contribution is -2.14. The first-order valence-corrected chi connectivity index (χ1v) is 7.48. The molecule has 0 amide bonds. The topological polar surface area (TPSA) is 66.4 Å². The number of hydrogen-bond acceptors (Lipinski definition) is 4. The molecule has 1 aromatic rings. The molecule has 1 unspecified atom stereocenters. The van der Waals surface area contributed by atoms with Crippen molar-refractivity contribution in [3.8, 4) is 0 Å². The maximum atomic E-state index is 11.5. The van der Waals surface area contributed by atoms with Crippen LogP contribution < -0.4 is 5.32 Å². The highest BCUT2D eigenvalue weighted by Crippen LogP contribution is 2.20. The molecule has 1 aromatic carbocycles. The minimum absolute atomic E-state index is 0.149. The van der Waals surface area contributed by atoms with Gasteiger partial charge < -0.3 is 10.4 Å². The van der Waals surface area contributed by atoms with Crippen molar-refractivity contribution in [1.82, 2.24) is 0 Å². The molecule has 0 radical (unpaired) electrons. The zero-order valence-electron chi connectivity index (χ0n) is 10.2. The Balaban J connectivity index is 2.78. The number of nitrogens with one attached hydrogen (secondary N) is 1. The van der Waals surface area contributed by atoms with Crippen LogP contribution in [-0.2, 0) is 9.84 Å². The number of aliphatic hydroxyl groups excluding tert-OH is 1. The summed E-state index contributed by atoms with van der Waals surface area (Å²) in [5, 5.41) is 11.9. The molecule has 1 atom stereocenters. The van der Waals surface area contributed by atoms with Gasteiger partial charge in [0.15, 0.2) is 9.84 Å². The molecule has 96 valence electrons. The Kier molecular flexibility index (Phi) is 4.96. The van der Waals surface area contributed by atoms with Crippen LogP contribution in [0.4, 0.5) is 5.69 Å². The average Bonchev–Trinajstić information content (AvgIpc) is 2.26. The van der Waals surface area contributed by atoms with E-state index >= 15 is 0 Å². The number of hydrogen-bond donors (Lipinski definition) is 2. The zero-order chi connectivity index (χ0) is 12.9. The van der Waals surface area contributed by atoms with Crippen molar-refractivity contribution in [2.24, 2.45) is 5.92 Å². The van der Waals surface area contributed by atoms with E-state index in [-0.39, 0.29) is 6.61 Å². The van der Waals surface area contributed by atoms with Crippen LogP contribution in [0.25, 0.3) is 0 Å². The fourth-order valence-electron chi connectivity index (χ4n) is 1.54. The highest BCUT2D eigenvalue weighted by molar-refractivity contribution is 7.90. The molecule has 2 N–H and O–H groups in total. The molecule has 0 fully saturated rings. The molecule has 0 aliphatic carbocycles. The first-order chi connectivity index (χ1) is 7.95. The Bertz CT molecular complexity index is 457. The molecule has 5 heteroatoms. The minimum atomic E-state index is -3.21. The van der Waals surface area contributed by atoms with E-state index in [0.717, 1.165) is 0 Å². The monoisotopic (exact) mass is 257 g/mol. The number of sulfone groups is 1. The SMILES string of the molecule is CC(CCO)CNc1ccccc1S(C)(=O)=O. The predicted octanol–water partition coefficient (Wildman–Crippen LogP) is 1.52. The highest BCUT2D eigenvalue weighted by Gasteiger charge is 2.12. The quantitative estimate of drug-likeness (QED) is 0.811. The second-order valence-electron chi connectivity index (χ2n) is 4.27. The predicted molar refractivity (Wildman–Crippen MR) is 68.9 cm³/mol. The smallest absolute Gasteiger partial charge is 0.177 e. The Labute approximate surface area is 103 Å². The van der Waals surface area contributed by atoms with E-state index in [1.165, 1.54) is 6.26 Å². The maximum absolute atomic E-state index is 11.5. The van der Waals surface area contributed by atoms with Crippen molar-refractivity contribution in [2.45, 2.75) is 18.2 Å². The van der Waals surface area contributed by atoms with Gasteiger partial charge in [-0.1, -0.05) is 19.1 Å². The summed E-state index contributed by atoms with van der Waals surface area (Å²) in [5.41, 5.74) is 0.625. The summed E-state index contributed by atoms with van der Waals surface area (Å²) < 4.78 is 23.1. The third kappa shape index (κ3) is 4.36. The van der Waals surface area contributed by atoms with Gasteiger partial charge in [0.1, 0.15) is 0 Å². The van der Waals surface area contributed by atoms with Crippen LogP contribution in [-0.4, -0.2) is 32.9 Å². The van der Waals surface area contributed by atoms with Gasteiger partial charge in [-0.25, -0.2) is 8.42 Å². The van der Waals surface area contributed by atoms with E-state index in [4.69, 9.17) is 5.11 Å². The molecule has 0 saturated carbocycles. The molecular weight excluding hydrogens is 238 g/mol. The zero-order valence-corrected chi connectivity index (χ0v) is 11.0. The molecule has 0 aliphatic rings. The average molecular weight is 257 g/mol. The van der Waals surface area contributed by atoms with E-state index < -0.39 is 9.84 Å². The lowest BCUT2D eigenvalue weighted by molar-refractivity contribution is 0.266. The van der Waals surface area contributed by atoms with Gasteiger partial charge in [0.2, 0.25) is 0 Å². The largest absolute Gasteiger partial charge is 0.396 e. The van der Waals surface area contributed by atoms with Gasteiger partial charge in [0.25, 0.3) is 0 Å². The molecule has 0 spiro atoms. The summed E-state index contributed by atoms with van der Waals surface area (Å²) in [7, 11) is -3.21. The van der Waals surface area contributed by atoms with E-state index in [1.54, 1.807) is 24.3 Å². The summed E-state index contributed by atoms with van der Waals surface area (Å²) in [5.74, 6) is 0.299. The second-order valence-corrected chi connectivity index (χ2v) is 6.25. The summed E-state index contributed by atoms with van der Waals surface area (Å²) in [6.07, 6.45) is 1.90. The maximum Gasteiger partial charge on any atom is 0.177 e. The van der Waals surface area contributed by atoms with Crippen molar-refractivity contribution in [3.63, 3.8) is 0 Å². The van der Waals surface area contributed by atoms with Crippen molar-refractivity contribution in [2.75, 3.05) is 24.7 Å². The first kappa shape index (κ1) is 14.0. The summed E-state index contributed by atoms with van der Waals surface area (Å²) in [4.78, 5) is 0.316. The van der Waals surface area contributed by atoms with E-state index in [1.807, 2.05) is 6.92 Å². The van der Waals surface area contributed by atoms with Gasteiger partial charge >= 0.3 is 0 Å². The summed E-state index contributed by atoms with van der Waals surface area (Å²) in [6.45, 7) is 2.80. The van der Waals surface area contributed by atoms with E-state index in [0.29, 0.717) is 29.5 Å². The third-order valence-electron chi connectivity index (χ3n) is 2.55. The number of aliphatic hydroxyl groups is 1. The minimum Gasteiger partial charge on any atom is -0.396 e. The van der Waals surface area contributed by atoms with Crippen LogP contribution in [0, 0.1) is 5.92 Å². The molecule has 0 aromatic heterocycles. The number of anilines is 1. The third-order valence-corrected chi connectivity index (χ3v) is 3.70. The van der Waals surface area contributed by atoms with E-state index in [9.17, 15) is 8.42 Å². The van der Waals surface area contributed by atoms with Gasteiger partial charge in [0, 0.05) is 19.4 Å². The molecular formula is C12H19NO3S. The number of rotatable bonds is 6. The fourth-order valence-corrected chi connectivity index (χ4v) is 2.41. The lowest BCUT2D eigenvalue weighted by atomic mass is 10.1. The molecule has 0 saturated heterocycles. The summed E-state index contributed by atoms with van der Waals surface area (Å²) >= 11 is 0. The Morgan fingerprint density at radius 3 is 2.59 bits per heavy atom. The van der Waals surface area contributed by atoms with Crippen molar-refractivity contribution in [3.05, 3.63) is 24.3 Å². The number of benzene rings is 1. The van der Waals surface area contributed by atoms with Crippen LogP contribution in [0.3, 0.4) is 0 Å². The Hall–Kier alpha value is -1.07. The number of para-hydroxylation sites is 1. The molecule has 17 heavy (non-hydrogen) atoms. The van der Waals surface area contributed by atoms with E-state index in [2.05, 4.69) is 5.32 Å². The Morgan fingerprint density at radius 1 is 1.35 bits per heavy atom. The van der Waals surface area contributed by atoms with Crippen LogP contribution in [0.5, 0.6) is 0 Å². The Morgan fingerprint density at radius 2 is 2.00 bits per heavy atom. The molecule has 1 rings (SSSR count). The molecule has 0 aliphatic heterocycles. The van der Waals surface area contributed by atoms with Gasteiger partial charge in [0.05, 0.1) is 10.6 Å². The molecule has 0 bridgehead atoms. The van der Waals surface area contributed by atoms with Crippen LogP contribution in [0.1, 0.15) is 13.3 Å². The lowest BCUT2D eigenvalue weighted by Gasteiger charge is -2.14. The van der Waals surface area contributed by atoms with Gasteiger partial charge in [-0.15, -0.1) is 0 Å². The van der Waals surface area contributed by atoms with Crippen LogP contribution >= 0.6 is 0 Å². The second kappa shape index (κ2) is 6.02. The molecule has 4 nitrogen and oxygen atoms in total. The van der Waals surface area contributed by atoms with Crippen molar-refractivity contribution in [1.29, 1.82) is 0 Å². The fraction of sp³-hybridized carbons (Fsp3) is 0.500. The van der Waals surface area contributed by atoms with Gasteiger partial charge in [-0.05, 0) is 24.5 Å². The van der Waals surface area contributed by atoms with Crippen LogP contribution in [0.2, 0.25) is 0 Å². The summed E-state index contributed by atoms with van der Waals surface area (Å²) in [6, 6.07) is 6.85. The van der Waals surface area contributed by atoms with Crippen LogP contribution in [0.15, 0.2) is 29.2 Å². The van der Waals surface area contributed by atoms with Gasteiger partial charge in [-0.3, -0.25) is 0 Å².